The molecule has 1 heterocycles. The topological polar surface area (TPSA) is 84.4 Å². The zero-order chi connectivity index (χ0) is 12.8. The summed E-state index contributed by atoms with van der Waals surface area (Å²) in [5.74, 6) is -0.288. The molecule has 0 aliphatic heterocycles. The molecule has 0 aliphatic rings. The van der Waals surface area contributed by atoms with Crippen LogP contribution in [0.15, 0.2) is 18.9 Å². The molecule has 17 heavy (non-hydrogen) atoms. The van der Waals surface area contributed by atoms with Gasteiger partial charge in [-0.05, 0) is 6.92 Å². The first-order chi connectivity index (χ1) is 8.13. The number of carbonyl (C=O) groups excluding carboxylic acids is 1. The van der Waals surface area contributed by atoms with Crippen molar-refractivity contribution in [3.8, 4) is 0 Å². The second kappa shape index (κ2) is 6.05. The van der Waals surface area contributed by atoms with Crippen LogP contribution in [0, 0.1) is 0 Å². The molecule has 0 saturated carbocycles. The summed E-state index contributed by atoms with van der Waals surface area (Å²) < 4.78 is 1.60. The third-order valence-corrected chi connectivity index (χ3v) is 2.32. The highest BCUT2D eigenvalue weighted by molar-refractivity contribution is 5.97. The van der Waals surface area contributed by atoms with E-state index in [-0.39, 0.29) is 24.8 Å². The number of anilines is 1. The molecular formula is C11H18N4O2. The number of aliphatic hydroxyl groups is 1. The zero-order valence-corrected chi connectivity index (χ0v) is 9.96. The number of aliphatic hydroxyl groups excluding tert-OH is 1. The largest absolute Gasteiger partial charge is 0.396 e. The van der Waals surface area contributed by atoms with E-state index in [0.29, 0.717) is 18.8 Å². The Morgan fingerprint density at radius 1 is 1.76 bits per heavy atom. The zero-order valence-electron chi connectivity index (χ0n) is 9.96. The number of nitrogens with two attached hydrogens (primary N) is 1. The highest BCUT2D eigenvalue weighted by Gasteiger charge is 2.20. The minimum Gasteiger partial charge on any atom is -0.396 e. The van der Waals surface area contributed by atoms with Gasteiger partial charge in [0.2, 0.25) is 0 Å². The lowest BCUT2D eigenvalue weighted by atomic mass is 10.3. The van der Waals surface area contributed by atoms with Gasteiger partial charge in [0, 0.05) is 25.8 Å². The predicted molar refractivity (Wildman–Crippen MR) is 65.5 cm³/mol. The minimum atomic E-state index is -0.288. The summed E-state index contributed by atoms with van der Waals surface area (Å²) in [5, 5.41) is 13.0. The molecule has 1 rings (SSSR count). The third-order valence-electron chi connectivity index (χ3n) is 2.32. The van der Waals surface area contributed by atoms with Gasteiger partial charge in [-0.25, -0.2) is 0 Å². The molecule has 0 saturated heterocycles. The first-order valence-corrected chi connectivity index (χ1v) is 5.48. The van der Waals surface area contributed by atoms with Gasteiger partial charge in [0.15, 0.2) is 5.69 Å². The summed E-state index contributed by atoms with van der Waals surface area (Å²) in [6.07, 6.45) is 3.22. The normalized spacial score (nSPS) is 10.2. The van der Waals surface area contributed by atoms with Crippen molar-refractivity contribution in [1.82, 2.24) is 14.7 Å². The van der Waals surface area contributed by atoms with E-state index in [1.54, 1.807) is 17.0 Å². The second-order valence-electron chi connectivity index (χ2n) is 3.55. The molecule has 1 amide bonds. The number of aromatic nitrogens is 2. The molecule has 94 valence electrons. The van der Waals surface area contributed by atoms with Crippen LogP contribution < -0.4 is 5.73 Å². The van der Waals surface area contributed by atoms with Gasteiger partial charge >= 0.3 is 0 Å². The fraction of sp³-hybridized carbons (Fsp3) is 0.455. The lowest BCUT2D eigenvalue weighted by molar-refractivity contribution is 0.0737. The van der Waals surface area contributed by atoms with Crippen LogP contribution >= 0.6 is 0 Å². The van der Waals surface area contributed by atoms with Gasteiger partial charge in [-0.3, -0.25) is 9.48 Å². The SMILES string of the molecule is C=CCN(CCO)C(=O)c1nn(CC)cc1N. The van der Waals surface area contributed by atoms with E-state index in [1.807, 2.05) is 6.92 Å². The van der Waals surface area contributed by atoms with Gasteiger partial charge in [0.25, 0.3) is 5.91 Å². The van der Waals surface area contributed by atoms with Gasteiger partial charge < -0.3 is 15.7 Å². The maximum atomic E-state index is 12.1. The van der Waals surface area contributed by atoms with E-state index in [4.69, 9.17) is 10.8 Å². The Kier molecular flexibility index (Phi) is 4.71. The van der Waals surface area contributed by atoms with Crippen molar-refractivity contribution in [1.29, 1.82) is 0 Å². The molecule has 0 fully saturated rings. The summed E-state index contributed by atoms with van der Waals surface area (Å²) in [4.78, 5) is 13.5. The molecule has 0 atom stereocenters. The summed E-state index contributed by atoms with van der Waals surface area (Å²) >= 11 is 0. The van der Waals surface area contributed by atoms with Crippen molar-refractivity contribution >= 4 is 11.6 Å². The molecule has 0 radical (unpaired) electrons. The number of rotatable bonds is 6. The van der Waals surface area contributed by atoms with Crippen LogP contribution in [0.3, 0.4) is 0 Å². The molecule has 6 heteroatoms. The molecule has 3 N–H and O–H groups in total. The van der Waals surface area contributed by atoms with E-state index in [0.717, 1.165) is 0 Å². The fourth-order valence-corrected chi connectivity index (χ4v) is 1.47. The lowest BCUT2D eigenvalue weighted by Gasteiger charge is -2.18. The van der Waals surface area contributed by atoms with Crippen LogP contribution in [0.5, 0.6) is 0 Å². The van der Waals surface area contributed by atoms with E-state index in [9.17, 15) is 4.79 Å². The Hall–Kier alpha value is -1.82. The van der Waals surface area contributed by atoms with E-state index in [1.165, 1.54) is 4.90 Å². The van der Waals surface area contributed by atoms with Crippen LogP contribution in [0.2, 0.25) is 0 Å². The molecule has 0 bridgehead atoms. The molecule has 1 aromatic heterocycles. The summed E-state index contributed by atoms with van der Waals surface area (Å²) in [5.41, 5.74) is 6.30. The Morgan fingerprint density at radius 3 is 2.94 bits per heavy atom. The van der Waals surface area contributed by atoms with Crippen LogP contribution in [0.25, 0.3) is 0 Å². The first-order valence-electron chi connectivity index (χ1n) is 5.48. The molecule has 0 aromatic carbocycles. The van der Waals surface area contributed by atoms with Crippen molar-refractivity contribution in [3.05, 3.63) is 24.5 Å². The van der Waals surface area contributed by atoms with Gasteiger partial charge in [-0.15, -0.1) is 6.58 Å². The number of hydrogen-bond donors (Lipinski definition) is 2. The van der Waals surface area contributed by atoms with Crippen molar-refractivity contribution in [2.45, 2.75) is 13.5 Å². The Morgan fingerprint density at radius 2 is 2.47 bits per heavy atom. The molecular weight excluding hydrogens is 220 g/mol. The number of hydrogen-bond acceptors (Lipinski definition) is 4. The first kappa shape index (κ1) is 13.2. The highest BCUT2D eigenvalue weighted by atomic mass is 16.3. The van der Waals surface area contributed by atoms with Crippen molar-refractivity contribution in [3.63, 3.8) is 0 Å². The smallest absolute Gasteiger partial charge is 0.276 e. The molecule has 6 nitrogen and oxygen atoms in total. The standard InChI is InChI=1S/C11H18N4O2/c1-3-5-14(6-7-16)11(17)10-9(12)8-15(4-2)13-10/h3,8,16H,1,4-7,12H2,2H3. The predicted octanol–water partition coefficient (Wildman–Crippen LogP) is 0.106. The summed E-state index contributed by atoms with van der Waals surface area (Å²) in [6.45, 7) is 6.63. The Balaban J connectivity index is 2.91. The molecule has 1 aromatic rings. The lowest BCUT2D eigenvalue weighted by Crippen LogP contribution is -2.34. The van der Waals surface area contributed by atoms with Crippen LogP contribution in [-0.4, -0.2) is 45.4 Å². The maximum absolute atomic E-state index is 12.1. The summed E-state index contributed by atoms with van der Waals surface area (Å²) in [6, 6.07) is 0. The van der Waals surface area contributed by atoms with Gasteiger partial charge in [-0.2, -0.15) is 5.10 Å². The fourth-order valence-electron chi connectivity index (χ4n) is 1.47. The maximum Gasteiger partial charge on any atom is 0.276 e. The molecule has 0 unspecified atom stereocenters. The van der Waals surface area contributed by atoms with Gasteiger partial charge in [0.1, 0.15) is 0 Å². The van der Waals surface area contributed by atoms with Gasteiger partial charge in [-0.1, -0.05) is 6.08 Å². The van der Waals surface area contributed by atoms with E-state index in [2.05, 4.69) is 11.7 Å². The number of nitrogen functional groups attached to an aromatic ring is 1. The monoisotopic (exact) mass is 238 g/mol. The third kappa shape index (κ3) is 3.07. The quantitative estimate of drug-likeness (QED) is 0.689. The Bertz CT molecular complexity index is 400. The van der Waals surface area contributed by atoms with Crippen molar-refractivity contribution in [2.24, 2.45) is 0 Å². The highest BCUT2D eigenvalue weighted by Crippen LogP contribution is 2.12. The average Bonchev–Trinajstić information content (AvgIpc) is 2.69. The second-order valence-corrected chi connectivity index (χ2v) is 3.55. The molecule has 0 spiro atoms. The van der Waals surface area contributed by atoms with Crippen LogP contribution in [0.1, 0.15) is 17.4 Å². The Labute approximate surface area is 100 Å². The van der Waals surface area contributed by atoms with E-state index >= 15 is 0 Å². The van der Waals surface area contributed by atoms with Gasteiger partial charge in [0.05, 0.1) is 12.3 Å². The minimum absolute atomic E-state index is 0.103. The summed E-state index contributed by atoms with van der Waals surface area (Å²) in [7, 11) is 0. The van der Waals surface area contributed by atoms with Crippen molar-refractivity contribution in [2.75, 3.05) is 25.4 Å². The van der Waals surface area contributed by atoms with Crippen molar-refractivity contribution < 1.29 is 9.90 Å². The van der Waals surface area contributed by atoms with Crippen LogP contribution in [-0.2, 0) is 6.54 Å². The number of amides is 1. The molecule has 0 aliphatic carbocycles. The number of carbonyl (C=O) groups is 1. The van der Waals surface area contributed by atoms with Crippen LogP contribution in [0.4, 0.5) is 5.69 Å². The average molecular weight is 238 g/mol. The number of nitrogens with zero attached hydrogens (tertiary/aromatic N) is 3. The van der Waals surface area contributed by atoms with E-state index < -0.39 is 0 Å². The number of aryl methyl sites for hydroxylation is 1.